The first-order valence-corrected chi connectivity index (χ1v) is 7.47. The van der Waals surface area contributed by atoms with Gasteiger partial charge in [-0.15, -0.1) is 0 Å². The topological polar surface area (TPSA) is 84.2 Å². The van der Waals surface area contributed by atoms with Crippen molar-refractivity contribution in [3.05, 3.63) is 47.8 Å². The maximum Gasteiger partial charge on any atom is 0.243 e. The number of aliphatic hydroxyl groups excluding tert-OH is 1. The van der Waals surface area contributed by atoms with Crippen LogP contribution >= 0.6 is 0 Å². The molecule has 9 heteroatoms. The summed E-state index contributed by atoms with van der Waals surface area (Å²) in [6.45, 7) is -0.395. The van der Waals surface area contributed by atoms with Crippen LogP contribution < -0.4 is 4.72 Å². The Labute approximate surface area is 120 Å². The maximum absolute atomic E-state index is 13.4. The van der Waals surface area contributed by atoms with Gasteiger partial charge < -0.3 is 5.11 Å². The van der Waals surface area contributed by atoms with Gasteiger partial charge in [-0.2, -0.15) is 5.10 Å². The van der Waals surface area contributed by atoms with Crippen LogP contribution in [-0.4, -0.2) is 29.9 Å². The zero-order valence-corrected chi connectivity index (χ0v) is 11.6. The lowest BCUT2D eigenvalue weighted by Gasteiger charge is -2.06. The molecule has 0 saturated heterocycles. The van der Waals surface area contributed by atoms with Crippen LogP contribution in [0.25, 0.3) is 0 Å². The molecule has 2 N–H and O–H groups in total. The average Bonchev–Trinajstić information content (AvgIpc) is 2.90. The number of nitrogens with zero attached hydrogens (tertiary/aromatic N) is 2. The third-order valence-electron chi connectivity index (χ3n) is 2.71. The Kier molecular flexibility index (Phi) is 4.66. The third-order valence-corrected chi connectivity index (χ3v) is 4.07. The predicted molar refractivity (Wildman–Crippen MR) is 69.7 cm³/mol. The summed E-state index contributed by atoms with van der Waals surface area (Å²) in [6.07, 6.45) is 2.35. The van der Waals surface area contributed by atoms with E-state index in [1.807, 2.05) is 0 Å². The highest BCUT2D eigenvalue weighted by Gasteiger charge is 2.17. The second kappa shape index (κ2) is 6.29. The number of rotatable bonds is 6. The Morgan fingerprint density at radius 3 is 2.81 bits per heavy atom. The van der Waals surface area contributed by atoms with Gasteiger partial charge in [-0.3, -0.25) is 4.68 Å². The molecule has 114 valence electrons. The van der Waals surface area contributed by atoms with Crippen molar-refractivity contribution in [1.29, 1.82) is 0 Å². The minimum absolute atomic E-state index is 0.0960. The standard InChI is InChI=1S/C12H13F2N3O3S/c13-10-1-2-12(14)9(5-10)6-16-21(19,20)11-7-15-17(8-11)3-4-18/h1-2,5,7-8,16,18H,3-4,6H2. The number of sulfonamides is 1. The molecule has 0 amide bonds. The summed E-state index contributed by atoms with van der Waals surface area (Å²) in [5.74, 6) is -1.35. The molecular weight excluding hydrogens is 304 g/mol. The summed E-state index contributed by atoms with van der Waals surface area (Å²) in [6, 6.07) is 2.80. The van der Waals surface area contributed by atoms with Crippen molar-refractivity contribution in [3.63, 3.8) is 0 Å². The summed E-state index contributed by atoms with van der Waals surface area (Å²) >= 11 is 0. The molecule has 2 aromatic rings. The number of benzene rings is 1. The van der Waals surface area contributed by atoms with Crippen molar-refractivity contribution in [3.8, 4) is 0 Å². The number of halogens is 2. The summed E-state index contributed by atoms with van der Waals surface area (Å²) in [4.78, 5) is -0.118. The van der Waals surface area contributed by atoms with E-state index in [-0.39, 0.29) is 30.2 Å². The first kappa shape index (κ1) is 15.5. The van der Waals surface area contributed by atoms with E-state index in [9.17, 15) is 17.2 Å². The lowest BCUT2D eigenvalue weighted by atomic mass is 10.2. The normalized spacial score (nSPS) is 11.8. The van der Waals surface area contributed by atoms with Crippen LogP contribution in [0.5, 0.6) is 0 Å². The van der Waals surface area contributed by atoms with E-state index in [1.54, 1.807) is 0 Å². The van der Waals surface area contributed by atoms with Crippen molar-refractivity contribution in [2.24, 2.45) is 0 Å². The van der Waals surface area contributed by atoms with Gasteiger partial charge in [0.1, 0.15) is 16.5 Å². The Morgan fingerprint density at radius 2 is 2.10 bits per heavy atom. The van der Waals surface area contributed by atoms with Gasteiger partial charge in [0.25, 0.3) is 0 Å². The summed E-state index contributed by atoms with van der Waals surface area (Å²) in [5, 5.41) is 12.5. The van der Waals surface area contributed by atoms with Crippen LogP contribution in [0.3, 0.4) is 0 Å². The molecule has 0 unspecified atom stereocenters. The quantitative estimate of drug-likeness (QED) is 0.818. The largest absolute Gasteiger partial charge is 0.394 e. The second-order valence-electron chi connectivity index (χ2n) is 4.22. The minimum atomic E-state index is -3.89. The lowest BCUT2D eigenvalue weighted by molar-refractivity contribution is 0.269. The van der Waals surface area contributed by atoms with Gasteiger partial charge in [0.2, 0.25) is 10.0 Å². The van der Waals surface area contributed by atoms with Gasteiger partial charge in [-0.05, 0) is 18.2 Å². The Morgan fingerprint density at radius 1 is 1.33 bits per heavy atom. The molecule has 0 atom stereocenters. The van der Waals surface area contributed by atoms with Crippen LogP contribution in [0.15, 0.2) is 35.5 Å². The van der Waals surface area contributed by atoms with E-state index in [1.165, 1.54) is 10.9 Å². The second-order valence-corrected chi connectivity index (χ2v) is 5.99. The van der Waals surface area contributed by atoms with Crippen molar-refractivity contribution < 1.29 is 22.3 Å². The maximum atomic E-state index is 13.4. The number of hydrogen-bond donors (Lipinski definition) is 2. The van der Waals surface area contributed by atoms with E-state index in [0.717, 1.165) is 24.4 Å². The SMILES string of the molecule is O=S(=O)(NCc1cc(F)ccc1F)c1cnn(CCO)c1. The van der Waals surface area contributed by atoms with Crippen LogP contribution in [-0.2, 0) is 23.1 Å². The molecule has 1 aromatic heterocycles. The van der Waals surface area contributed by atoms with Crippen molar-refractivity contribution in [1.82, 2.24) is 14.5 Å². The zero-order chi connectivity index (χ0) is 15.5. The van der Waals surface area contributed by atoms with Crippen molar-refractivity contribution in [2.75, 3.05) is 6.61 Å². The summed E-state index contributed by atoms with van der Waals surface area (Å²) in [5.41, 5.74) is -0.0960. The molecule has 0 saturated carbocycles. The Bertz CT molecular complexity index is 731. The fraction of sp³-hybridized carbons (Fsp3) is 0.250. The van der Waals surface area contributed by atoms with Crippen LogP contribution in [0.4, 0.5) is 8.78 Å². The predicted octanol–water partition coefficient (Wildman–Crippen LogP) is 0.632. The van der Waals surface area contributed by atoms with Gasteiger partial charge in [-0.1, -0.05) is 0 Å². The van der Waals surface area contributed by atoms with E-state index >= 15 is 0 Å². The van der Waals surface area contributed by atoms with Gasteiger partial charge in [0, 0.05) is 18.3 Å². The van der Waals surface area contributed by atoms with E-state index in [0.29, 0.717) is 0 Å². The molecule has 0 aliphatic rings. The first-order chi connectivity index (χ1) is 9.92. The third kappa shape index (κ3) is 3.84. The zero-order valence-electron chi connectivity index (χ0n) is 10.8. The van der Waals surface area contributed by atoms with Gasteiger partial charge in [0.05, 0.1) is 19.3 Å². The molecule has 0 fully saturated rings. The molecule has 0 spiro atoms. The Balaban J connectivity index is 2.11. The van der Waals surface area contributed by atoms with Crippen molar-refractivity contribution in [2.45, 2.75) is 18.0 Å². The van der Waals surface area contributed by atoms with E-state index < -0.39 is 21.7 Å². The smallest absolute Gasteiger partial charge is 0.243 e. The average molecular weight is 317 g/mol. The molecule has 21 heavy (non-hydrogen) atoms. The Hall–Kier alpha value is -1.84. The summed E-state index contributed by atoms with van der Waals surface area (Å²) in [7, 11) is -3.89. The minimum Gasteiger partial charge on any atom is -0.394 e. The molecule has 0 bridgehead atoms. The lowest BCUT2D eigenvalue weighted by Crippen LogP contribution is -2.23. The van der Waals surface area contributed by atoms with Gasteiger partial charge in [0.15, 0.2) is 0 Å². The molecule has 0 aliphatic carbocycles. The van der Waals surface area contributed by atoms with Gasteiger partial charge >= 0.3 is 0 Å². The fourth-order valence-corrected chi connectivity index (χ4v) is 2.60. The summed E-state index contributed by atoms with van der Waals surface area (Å²) < 4.78 is 53.8. The van der Waals surface area contributed by atoms with Crippen LogP contribution in [0, 0.1) is 11.6 Å². The molecule has 0 radical (unpaired) electrons. The molecular formula is C12H13F2N3O3S. The van der Waals surface area contributed by atoms with Gasteiger partial charge in [-0.25, -0.2) is 21.9 Å². The number of aromatic nitrogens is 2. The van der Waals surface area contributed by atoms with Crippen LogP contribution in [0.1, 0.15) is 5.56 Å². The molecule has 0 aliphatic heterocycles. The molecule has 1 aromatic carbocycles. The van der Waals surface area contributed by atoms with E-state index in [4.69, 9.17) is 5.11 Å². The number of hydrogen-bond acceptors (Lipinski definition) is 4. The highest BCUT2D eigenvalue weighted by molar-refractivity contribution is 7.89. The fourth-order valence-electron chi connectivity index (χ4n) is 1.64. The van der Waals surface area contributed by atoms with Crippen LogP contribution in [0.2, 0.25) is 0 Å². The molecule has 1 heterocycles. The number of aliphatic hydroxyl groups is 1. The highest BCUT2D eigenvalue weighted by atomic mass is 32.2. The first-order valence-electron chi connectivity index (χ1n) is 5.99. The van der Waals surface area contributed by atoms with Crippen molar-refractivity contribution >= 4 is 10.0 Å². The number of nitrogens with one attached hydrogen (secondary N) is 1. The highest BCUT2D eigenvalue weighted by Crippen LogP contribution is 2.12. The molecule has 2 rings (SSSR count). The van der Waals surface area contributed by atoms with E-state index in [2.05, 4.69) is 9.82 Å². The molecule has 6 nitrogen and oxygen atoms in total. The monoisotopic (exact) mass is 317 g/mol.